The van der Waals surface area contributed by atoms with Gasteiger partial charge in [-0.3, -0.25) is 14.5 Å². The van der Waals surface area contributed by atoms with Gasteiger partial charge in [0.15, 0.2) is 0 Å². The Kier molecular flexibility index (Phi) is 7.69. The molecule has 1 aliphatic rings. The van der Waals surface area contributed by atoms with Gasteiger partial charge in [-0.25, -0.2) is 8.42 Å². The van der Waals surface area contributed by atoms with E-state index in [1.165, 1.54) is 25.1 Å². The Morgan fingerprint density at radius 1 is 1.19 bits per heavy atom. The van der Waals surface area contributed by atoms with Crippen LogP contribution in [-0.2, 0) is 19.4 Å². The van der Waals surface area contributed by atoms with E-state index in [0.29, 0.717) is 38.3 Å². The number of piperazine rings is 1. The molecule has 9 heteroatoms. The maximum absolute atomic E-state index is 12.9. The normalized spacial score (nSPS) is 16.8. The van der Waals surface area contributed by atoms with Crippen molar-refractivity contribution in [3.05, 3.63) is 29.8 Å². The lowest BCUT2D eigenvalue weighted by atomic mass is 10.2. The molecule has 0 bridgehead atoms. The van der Waals surface area contributed by atoms with Crippen molar-refractivity contribution in [1.29, 1.82) is 0 Å². The van der Waals surface area contributed by atoms with Crippen molar-refractivity contribution in [2.45, 2.75) is 17.1 Å². The second-order valence-corrected chi connectivity index (χ2v) is 10.2. The minimum absolute atomic E-state index is 0.0714. The lowest BCUT2D eigenvalue weighted by molar-refractivity contribution is -0.139. The van der Waals surface area contributed by atoms with E-state index in [9.17, 15) is 18.0 Å². The first kappa shape index (κ1) is 21.7. The zero-order valence-electron chi connectivity index (χ0n) is 15.9. The van der Waals surface area contributed by atoms with Gasteiger partial charge in [0.2, 0.25) is 0 Å². The quantitative estimate of drug-likeness (QED) is 0.489. The number of carbonyl (C=O) groups is 2. The molecule has 1 aliphatic heterocycles. The van der Waals surface area contributed by atoms with Gasteiger partial charge in [-0.2, -0.15) is 0 Å². The van der Waals surface area contributed by atoms with Crippen LogP contribution in [0, 0.1) is 0 Å². The summed E-state index contributed by atoms with van der Waals surface area (Å²) in [7, 11) is -1.64. The van der Waals surface area contributed by atoms with E-state index in [1.807, 2.05) is 18.2 Å². The molecule has 1 unspecified atom stereocenters. The van der Waals surface area contributed by atoms with E-state index in [-0.39, 0.29) is 17.6 Å². The number of hydrogen-bond acceptors (Lipinski definition) is 7. The highest BCUT2D eigenvalue weighted by Gasteiger charge is 2.25. The van der Waals surface area contributed by atoms with E-state index in [0.717, 1.165) is 4.90 Å². The second-order valence-electron chi connectivity index (χ2n) is 6.54. The summed E-state index contributed by atoms with van der Waals surface area (Å²) in [6.07, 6.45) is 1.23. The van der Waals surface area contributed by atoms with Crippen LogP contribution in [0.5, 0.6) is 0 Å². The van der Waals surface area contributed by atoms with Gasteiger partial charge in [0.25, 0.3) is 5.91 Å². The number of thioether (sulfide) groups is 1. The monoisotopic (exact) mass is 414 g/mol. The summed E-state index contributed by atoms with van der Waals surface area (Å²) in [5.74, 6) is -0.272. The first-order valence-electron chi connectivity index (χ1n) is 8.74. The molecule has 150 valence electrons. The molecule has 1 heterocycles. The molecule has 27 heavy (non-hydrogen) atoms. The number of benzene rings is 1. The van der Waals surface area contributed by atoms with Crippen molar-refractivity contribution in [2.75, 3.05) is 51.8 Å². The van der Waals surface area contributed by atoms with Gasteiger partial charge in [0.05, 0.1) is 18.4 Å². The molecule has 1 amide bonds. The largest absolute Gasteiger partial charge is 0.468 e. The molecule has 1 fully saturated rings. The molecule has 1 atom stereocenters. The number of hydrogen-bond donors (Lipinski definition) is 0. The van der Waals surface area contributed by atoms with Gasteiger partial charge in [-0.1, -0.05) is 12.1 Å². The van der Waals surface area contributed by atoms with E-state index >= 15 is 0 Å². The van der Waals surface area contributed by atoms with Crippen molar-refractivity contribution in [3.63, 3.8) is 0 Å². The highest BCUT2D eigenvalue weighted by atomic mass is 32.2. The van der Waals surface area contributed by atoms with Gasteiger partial charge >= 0.3 is 5.97 Å². The SMILES string of the molecule is COC(=O)C(C)Sc1ccccc1C(=O)N1CCN(CCS(C)(=O)=O)CC1. The summed E-state index contributed by atoms with van der Waals surface area (Å²) in [6, 6.07) is 7.25. The fourth-order valence-corrected chi connectivity index (χ4v) is 4.39. The molecule has 0 spiro atoms. The minimum atomic E-state index is -2.99. The predicted octanol–water partition coefficient (Wildman–Crippen LogP) is 1.14. The molecular weight excluding hydrogens is 388 g/mol. The molecule has 0 aliphatic carbocycles. The van der Waals surface area contributed by atoms with Crippen LogP contribution in [-0.4, -0.2) is 87.2 Å². The van der Waals surface area contributed by atoms with Crippen molar-refractivity contribution in [2.24, 2.45) is 0 Å². The van der Waals surface area contributed by atoms with Crippen LogP contribution < -0.4 is 0 Å². The summed E-state index contributed by atoms with van der Waals surface area (Å²) in [6.45, 7) is 4.63. The molecule has 0 N–H and O–H groups in total. The highest BCUT2D eigenvalue weighted by Crippen LogP contribution is 2.28. The van der Waals surface area contributed by atoms with Crippen LogP contribution >= 0.6 is 11.8 Å². The molecule has 2 rings (SSSR count). The summed E-state index contributed by atoms with van der Waals surface area (Å²) in [4.78, 5) is 29.2. The van der Waals surface area contributed by atoms with Gasteiger partial charge in [0.1, 0.15) is 15.1 Å². The zero-order valence-corrected chi connectivity index (χ0v) is 17.5. The van der Waals surface area contributed by atoms with Crippen molar-refractivity contribution >= 4 is 33.5 Å². The third kappa shape index (κ3) is 6.51. The van der Waals surface area contributed by atoms with Gasteiger partial charge in [0, 0.05) is 43.9 Å². The smallest absolute Gasteiger partial charge is 0.318 e. The van der Waals surface area contributed by atoms with Crippen LogP contribution in [0.1, 0.15) is 17.3 Å². The van der Waals surface area contributed by atoms with Crippen LogP contribution in [0.15, 0.2) is 29.2 Å². The maximum Gasteiger partial charge on any atom is 0.318 e. The minimum Gasteiger partial charge on any atom is -0.468 e. The zero-order chi connectivity index (χ0) is 20.0. The number of ether oxygens (including phenoxy) is 1. The van der Waals surface area contributed by atoms with Gasteiger partial charge < -0.3 is 9.64 Å². The average molecular weight is 415 g/mol. The summed E-state index contributed by atoms with van der Waals surface area (Å²) in [5, 5.41) is -0.406. The number of amides is 1. The third-order valence-electron chi connectivity index (χ3n) is 4.39. The van der Waals surface area contributed by atoms with Crippen molar-refractivity contribution in [1.82, 2.24) is 9.80 Å². The molecule has 1 aromatic rings. The van der Waals surface area contributed by atoms with E-state index in [4.69, 9.17) is 4.74 Å². The number of rotatable bonds is 7. The Hall–Kier alpha value is -1.58. The van der Waals surface area contributed by atoms with E-state index in [1.54, 1.807) is 17.9 Å². The van der Waals surface area contributed by atoms with Crippen LogP contribution in [0.2, 0.25) is 0 Å². The van der Waals surface area contributed by atoms with E-state index < -0.39 is 15.1 Å². The number of carbonyl (C=O) groups excluding carboxylic acids is 2. The first-order valence-corrected chi connectivity index (χ1v) is 11.7. The van der Waals surface area contributed by atoms with Crippen LogP contribution in [0.25, 0.3) is 0 Å². The highest BCUT2D eigenvalue weighted by molar-refractivity contribution is 8.00. The third-order valence-corrected chi connectivity index (χ3v) is 6.47. The molecule has 0 saturated carbocycles. The molecular formula is C18H26N2O5S2. The lowest BCUT2D eigenvalue weighted by Crippen LogP contribution is -2.49. The number of sulfone groups is 1. The Labute approximate surface area is 165 Å². The Bertz CT molecular complexity index is 774. The van der Waals surface area contributed by atoms with Crippen molar-refractivity contribution < 1.29 is 22.7 Å². The Morgan fingerprint density at radius 3 is 2.41 bits per heavy atom. The predicted molar refractivity (Wildman–Crippen MR) is 106 cm³/mol. The number of methoxy groups -OCH3 is 1. The van der Waals surface area contributed by atoms with Gasteiger partial charge in [-0.15, -0.1) is 11.8 Å². The van der Waals surface area contributed by atoms with Crippen molar-refractivity contribution in [3.8, 4) is 0 Å². The standard InChI is InChI=1S/C18H26N2O5S2/c1-14(18(22)25-2)26-16-7-5-4-6-15(16)17(21)20-10-8-19(9-11-20)12-13-27(3,23)24/h4-7,14H,8-13H2,1-3H3. The van der Waals surface area contributed by atoms with Crippen LogP contribution in [0.3, 0.4) is 0 Å². The topological polar surface area (TPSA) is 84.0 Å². The summed E-state index contributed by atoms with van der Waals surface area (Å²) >= 11 is 1.31. The summed E-state index contributed by atoms with van der Waals surface area (Å²) < 4.78 is 27.4. The van der Waals surface area contributed by atoms with Crippen LogP contribution in [0.4, 0.5) is 0 Å². The molecule has 0 radical (unpaired) electrons. The average Bonchev–Trinajstić information content (AvgIpc) is 2.65. The Morgan fingerprint density at radius 2 is 1.81 bits per heavy atom. The maximum atomic E-state index is 12.9. The summed E-state index contributed by atoms with van der Waals surface area (Å²) in [5.41, 5.74) is 0.572. The molecule has 0 aromatic heterocycles. The Balaban J connectivity index is 1.99. The fourth-order valence-electron chi connectivity index (χ4n) is 2.79. The number of esters is 1. The lowest BCUT2D eigenvalue weighted by Gasteiger charge is -2.35. The number of nitrogens with zero attached hydrogens (tertiary/aromatic N) is 2. The van der Waals surface area contributed by atoms with Gasteiger partial charge in [-0.05, 0) is 19.1 Å². The molecule has 7 nitrogen and oxygen atoms in total. The second kappa shape index (κ2) is 9.57. The molecule has 1 aromatic carbocycles. The van der Waals surface area contributed by atoms with E-state index in [2.05, 4.69) is 4.90 Å². The molecule has 1 saturated heterocycles. The first-order chi connectivity index (χ1) is 12.7. The fraction of sp³-hybridized carbons (Fsp3) is 0.556.